The molecule has 0 spiro atoms. The third-order valence-corrected chi connectivity index (χ3v) is 8.15. The van der Waals surface area contributed by atoms with Crippen LogP contribution in [0.4, 0.5) is 24.8 Å². The first-order valence-corrected chi connectivity index (χ1v) is 15.4. The molecule has 1 N–H and O–H groups in total. The third-order valence-electron chi connectivity index (χ3n) is 8.15. The summed E-state index contributed by atoms with van der Waals surface area (Å²) < 4.78 is 59.0. The Labute approximate surface area is 268 Å². The molecule has 14 nitrogen and oxygen atoms in total. The van der Waals surface area contributed by atoms with Crippen molar-refractivity contribution in [3.63, 3.8) is 0 Å². The summed E-state index contributed by atoms with van der Waals surface area (Å²) in [6.45, 7) is 4.04. The van der Waals surface area contributed by atoms with Gasteiger partial charge in [-0.05, 0) is 60.7 Å². The van der Waals surface area contributed by atoms with Gasteiger partial charge < -0.3 is 24.4 Å². The summed E-state index contributed by atoms with van der Waals surface area (Å²) in [6.07, 6.45) is 5.05. The standard InChI is InChI=1S/C30H34F3N11O3/c1-20(16-43-19-37-40-41-43)47-27-12-21(2-3-22(27)13-34)23-14-35-29(36-15-23)38-26-17-44(39-28(26)46-18-30(31,32)33)25-4-8-42(9-5-25)24-6-10-45-11-7-24/h2-3,12,14-15,17,19-20,24-25H,4-11,16,18H2,1H3,(H,35,36,38). The molecule has 1 unspecified atom stereocenters. The molecule has 2 aliphatic rings. The van der Waals surface area contributed by atoms with Crippen molar-refractivity contribution in [3.05, 3.63) is 48.7 Å². The third kappa shape index (κ3) is 8.32. The van der Waals surface area contributed by atoms with Gasteiger partial charge in [0.25, 0.3) is 5.88 Å². The van der Waals surface area contributed by atoms with E-state index in [1.54, 1.807) is 41.5 Å². The molecular weight excluding hydrogens is 619 g/mol. The first-order valence-electron chi connectivity index (χ1n) is 15.4. The van der Waals surface area contributed by atoms with E-state index in [4.69, 9.17) is 14.2 Å². The highest BCUT2D eigenvalue weighted by Crippen LogP contribution is 2.33. The summed E-state index contributed by atoms with van der Waals surface area (Å²) in [5.41, 5.74) is 1.93. The van der Waals surface area contributed by atoms with E-state index >= 15 is 0 Å². The molecule has 6 rings (SSSR count). The van der Waals surface area contributed by atoms with Gasteiger partial charge in [0.05, 0.1) is 24.3 Å². The van der Waals surface area contributed by atoms with E-state index < -0.39 is 12.8 Å². The molecule has 1 atom stereocenters. The Kier molecular flexibility index (Phi) is 9.78. The first-order chi connectivity index (χ1) is 22.7. The molecule has 2 saturated heterocycles. The summed E-state index contributed by atoms with van der Waals surface area (Å²) in [5.74, 6) is 0.358. The number of ether oxygens (including phenoxy) is 3. The Morgan fingerprint density at radius 3 is 2.53 bits per heavy atom. The second-order valence-electron chi connectivity index (χ2n) is 11.5. The number of rotatable bonds is 11. The summed E-state index contributed by atoms with van der Waals surface area (Å²) in [6, 6.07) is 7.77. The highest BCUT2D eigenvalue weighted by Gasteiger charge is 2.31. The van der Waals surface area contributed by atoms with Crippen molar-refractivity contribution in [2.75, 3.05) is 38.2 Å². The smallest absolute Gasteiger partial charge is 0.422 e. The maximum absolute atomic E-state index is 13.1. The number of tetrazole rings is 1. The van der Waals surface area contributed by atoms with Crippen LogP contribution in [0.25, 0.3) is 11.1 Å². The van der Waals surface area contributed by atoms with Crippen LogP contribution >= 0.6 is 0 Å². The maximum atomic E-state index is 13.1. The number of likely N-dealkylation sites (tertiary alicyclic amines) is 1. The normalized spacial score (nSPS) is 17.3. The second kappa shape index (κ2) is 14.3. The van der Waals surface area contributed by atoms with Crippen molar-refractivity contribution < 1.29 is 27.4 Å². The van der Waals surface area contributed by atoms with E-state index in [2.05, 4.69) is 46.9 Å². The van der Waals surface area contributed by atoms with Crippen LogP contribution in [-0.4, -0.2) is 96.1 Å². The minimum Gasteiger partial charge on any atom is -0.487 e. The van der Waals surface area contributed by atoms with E-state index in [0.29, 0.717) is 35.0 Å². The van der Waals surface area contributed by atoms with Crippen molar-refractivity contribution in [2.45, 2.75) is 63.5 Å². The lowest BCUT2D eigenvalue weighted by molar-refractivity contribution is -0.154. The lowest BCUT2D eigenvalue weighted by atomic mass is 10.00. The van der Waals surface area contributed by atoms with Crippen molar-refractivity contribution in [1.29, 1.82) is 5.26 Å². The molecule has 0 saturated carbocycles. The van der Waals surface area contributed by atoms with Crippen LogP contribution in [0.3, 0.4) is 0 Å². The Bertz CT molecular complexity index is 1640. The quantitative estimate of drug-likeness (QED) is 0.247. The van der Waals surface area contributed by atoms with Crippen molar-refractivity contribution in [1.82, 2.24) is 44.9 Å². The van der Waals surface area contributed by atoms with E-state index in [1.165, 1.54) is 11.0 Å². The van der Waals surface area contributed by atoms with Gasteiger partial charge in [-0.2, -0.15) is 18.4 Å². The average molecular weight is 654 g/mol. The van der Waals surface area contributed by atoms with Crippen molar-refractivity contribution >= 4 is 11.6 Å². The van der Waals surface area contributed by atoms with Gasteiger partial charge in [-0.15, -0.1) is 10.2 Å². The van der Waals surface area contributed by atoms with Crippen LogP contribution in [0, 0.1) is 11.3 Å². The highest BCUT2D eigenvalue weighted by atomic mass is 19.4. The summed E-state index contributed by atoms with van der Waals surface area (Å²) in [5, 5.41) is 28.0. The van der Waals surface area contributed by atoms with Crippen molar-refractivity contribution in [3.8, 4) is 28.8 Å². The van der Waals surface area contributed by atoms with Crippen LogP contribution in [0.5, 0.6) is 11.6 Å². The van der Waals surface area contributed by atoms with Crippen LogP contribution in [0.1, 0.15) is 44.2 Å². The fourth-order valence-corrected chi connectivity index (χ4v) is 5.81. The molecule has 0 radical (unpaired) electrons. The highest BCUT2D eigenvalue weighted by molar-refractivity contribution is 5.67. The molecule has 17 heteroatoms. The zero-order valence-electron chi connectivity index (χ0n) is 25.7. The SMILES string of the molecule is CC(Cn1cnnn1)Oc1cc(-c2cnc(Nc3cn(C4CCN(C5CCOCC5)CC4)nc3OCC(F)(F)F)nc2)ccc1C#N. The monoisotopic (exact) mass is 653 g/mol. The van der Waals surface area contributed by atoms with Gasteiger partial charge in [0.1, 0.15) is 29.9 Å². The largest absolute Gasteiger partial charge is 0.487 e. The molecule has 47 heavy (non-hydrogen) atoms. The van der Waals surface area contributed by atoms with Crippen LogP contribution in [0.2, 0.25) is 0 Å². The number of piperidine rings is 1. The van der Waals surface area contributed by atoms with Gasteiger partial charge in [0.15, 0.2) is 6.61 Å². The molecule has 3 aromatic heterocycles. The summed E-state index contributed by atoms with van der Waals surface area (Å²) >= 11 is 0. The van der Waals surface area contributed by atoms with Gasteiger partial charge in [0.2, 0.25) is 5.95 Å². The number of nitrogens with zero attached hydrogens (tertiary/aromatic N) is 10. The molecular formula is C30H34F3N11O3. The molecule has 5 heterocycles. The van der Waals surface area contributed by atoms with Crippen LogP contribution in [0.15, 0.2) is 43.1 Å². The second-order valence-corrected chi connectivity index (χ2v) is 11.5. The number of anilines is 2. The van der Waals surface area contributed by atoms with Crippen molar-refractivity contribution in [2.24, 2.45) is 0 Å². The zero-order chi connectivity index (χ0) is 32.8. The summed E-state index contributed by atoms with van der Waals surface area (Å²) in [4.78, 5) is 11.2. The van der Waals surface area contributed by atoms with E-state index in [0.717, 1.165) is 52.0 Å². The predicted octanol–water partition coefficient (Wildman–Crippen LogP) is 4.17. The molecule has 0 amide bonds. The molecule has 2 fully saturated rings. The first kappa shape index (κ1) is 32.1. The van der Waals surface area contributed by atoms with Gasteiger partial charge in [0, 0.05) is 50.3 Å². The molecule has 0 aliphatic carbocycles. The number of aromatic nitrogens is 8. The number of nitriles is 1. The van der Waals surface area contributed by atoms with Crippen LogP contribution < -0.4 is 14.8 Å². The minimum atomic E-state index is -4.52. The molecule has 248 valence electrons. The fourth-order valence-electron chi connectivity index (χ4n) is 5.81. The van der Waals surface area contributed by atoms with Crippen LogP contribution in [-0.2, 0) is 11.3 Å². The lowest BCUT2D eigenvalue weighted by Gasteiger charge is -2.39. The average Bonchev–Trinajstić information content (AvgIpc) is 3.74. The molecule has 1 aromatic carbocycles. The Balaban J connectivity index is 1.15. The Morgan fingerprint density at radius 1 is 1.09 bits per heavy atom. The van der Waals surface area contributed by atoms with Gasteiger partial charge in [-0.1, -0.05) is 6.07 Å². The number of hydrogen-bond donors (Lipinski definition) is 1. The number of halogens is 3. The number of benzene rings is 1. The van der Waals surface area contributed by atoms with Gasteiger partial charge in [-0.3, -0.25) is 4.68 Å². The number of alkyl halides is 3. The van der Waals surface area contributed by atoms with E-state index in [-0.39, 0.29) is 29.7 Å². The molecule has 0 bridgehead atoms. The maximum Gasteiger partial charge on any atom is 0.422 e. The Morgan fingerprint density at radius 2 is 1.85 bits per heavy atom. The number of hydrogen-bond acceptors (Lipinski definition) is 12. The van der Waals surface area contributed by atoms with E-state index in [9.17, 15) is 18.4 Å². The predicted molar refractivity (Wildman–Crippen MR) is 161 cm³/mol. The Hall–Kier alpha value is -4.82. The van der Waals surface area contributed by atoms with E-state index in [1.807, 2.05) is 6.92 Å². The zero-order valence-corrected chi connectivity index (χ0v) is 25.7. The molecule has 4 aromatic rings. The van der Waals surface area contributed by atoms with Gasteiger partial charge in [-0.25, -0.2) is 14.6 Å². The number of nitrogens with one attached hydrogen (secondary N) is 1. The molecule has 2 aliphatic heterocycles. The topological polar surface area (TPSA) is 154 Å². The van der Waals surface area contributed by atoms with Gasteiger partial charge >= 0.3 is 6.18 Å². The lowest BCUT2D eigenvalue weighted by Crippen LogP contribution is -2.44. The minimum absolute atomic E-state index is 0.0153. The fraction of sp³-hybridized carbons (Fsp3) is 0.500. The summed E-state index contributed by atoms with van der Waals surface area (Å²) in [7, 11) is 0.